The van der Waals surface area contributed by atoms with E-state index < -0.39 is 0 Å². The van der Waals surface area contributed by atoms with Crippen molar-refractivity contribution in [2.45, 2.75) is 60.2 Å². The number of ether oxygens (including phenoxy) is 2. The minimum absolute atomic E-state index is 0. The van der Waals surface area contributed by atoms with Crippen LogP contribution in [-0.4, -0.2) is 42.4 Å². The summed E-state index contributed by atoms with van der Waals surface area (Å²) in [6.07, 6.45) is 3.28. The summed E-state index contributed by atoms with van der Waals surface area (Å²) < 4.78 is 11.5. The van der Waals surface area contributed by atoms with Crippen LogP contribution in [0.15, 0.2) is 116 Å². The van der Waals surface area contributed by atoms with Gasteiger partial charge in [-0.25, -0.2) is 0 Å². The predicted octanol–water partition coefficient (Wildman–Crippen LogP) is 9.04. The van der Waals surface area contributed by atoms with E-state index in [1.807, 2.05) is 131 Å². The quantitative estimate of drug-likeness (QED) is 0.146. The number of hydrogen-bond acceptors (Lipinski definition) is 8. The fourth-order valence-corrected chi connectivity index (χ4v) is 4.79. The monoisotopic (exact) mass is 1040 g/mol. The minimum atomic E-state index is -0.375. The second kappa shape index (κ2) is 21.9. The van der Waals surface area contributed by atoms with Gasteiger partial charge < -0.3 is 24.7 Å². The van der Waals surface area contributed by atoms with Gasteiger partial charge in [0.2, 0.25) is 0 Å². The molecular weight excluding hydrogens is 997 g/mol. The Morgan fingerprint density at radius 1 is 0.569 bits per heavy atom. The van der Waals surface area contributed by atoms with Gasteiger partial charge in [-0.15, -0.1) is 29.8 Å². The van der Waals surface area contributed by atoms with Crippen molar-refractivity contribution in [3.05, 3.63) is 144 Å². The topological polar surface area (TPSA) is 110 Å². The number of benzene rings is 4. The van der Waals surface area contributed by atoms with Gasteiger partial charge in [0.05, 0.1) is 35.0 Å². The number of para-hydroxylation sites is 2. The Bertz CT molecular complexity index is 1740. The van der Waals surface area contributed by atoms with Crippen molar-refractivity contribution < 1.29 is 59.9 Å². The first-order valence-electron chi connectivity index (χ1n) is 16.1. The molecule has 8 nitrogen and oxygen atoms in total. The third-order valence-corrected chi connectivity index (χ3v) is 6.94. The van der Waals surface area contributed by atoms with Crippen molar-refractivity contribution in [3.63, 3.8) is 0 Å². The molecule has 0 aliphatic carbocycles. The van der Waals surface area contributed by atoms with Crippen LogP contribution in [0.1, 0.15) is 43.0 Å². The van der Waals surface area contributed by atoms with E-state index in [4.69, 9.17) is 19.7 Å². The van der Waals surface area contributed by atoms with E-state index in [2.05, 4.69) is 26.0 Å². The summed E-state index contributed by atoms with van der Waals surface area (Å²) in [5.74, 6) is 3.20. The summed E-state index contributed by atoms with van der Waals surface area (Å²) in [5.41, 5.74) is 7.41. The van der Waals surface area contributed by atoms with E-state index in [9.17, 15) is 0 Å². The van der Waals surface area contributed by atoms with Crippen molar-refractivity contribution in [3.8, 4) is 45.5 Å². The SMILES string of the molecule is CC(O)CC(C)O.Cc1cnc(-c2[c-]cc(Oc3ccccc3)cc2)c(C)n1.Cc1cnc(-c2ccc(Oc3ccccc3)cc2)c(C)n1.[Ir].[Ir]. The molecule has 6 aromatic rings. The Balaban J connectivity index is 0.000000289. The minimum Gasteiger partial charge on any atom is -0.502 e. The molecule has 0 saturated carbocycles. The van der Waals surface area contributed by atoms with Crippen LogP contribution >= 0.6 is 0 Å². The number of nitrogens with zero attached hydrogens (tertiary/aromatic N) is 4. The molecule has 0 fully saturated rings. The van der Waals surface area contributed by atoms with Crippen molar-refractivity contribution in [1.82, 2.24) is 19.9 Å². The first-order valence-corrected chi connectivity index (χ1v) is 16.1. The third-order valence-electron chi connectivity index (χ3n) is 6.94. The molecule has 0 aliphatic rings. The molecule has 2 aromatic heterocycles. The molecule has 2 radical (unpaired) electrons. The predicted molar refractivity (Wildman–Crippen MR) is 194 cm³/mol. The van der Waals surface area contributed by atoms with Gasteiger partial charge in [0.15, 0.2) is 0 Å². The van der Waals surface area contributed by atoms with Crippen LogP contribution in [0, 0.1) is 33.8 Å². The van der Waals surface area contributed by atoms with Crippen molar-refractivity contribution in [2.75, 3.05) is 0 Å². The van der Waals surface area contributed by atoms with Crippen LogP contribution in [0.4, 0.5) is 0 Å². The Morgan fingerprint density at radius 2 is 1.00 bits per heavy atom. The fraction of sp³-hybridized carbons (Fsp3) is 0.220. The molecule has 2 heterocycles. The number of rotatable bonds is 8. The maximum atomic E-state index is 8.56. The maximum absolute atomic E-state index is 8.56. The largest absolute Gasteiger partial charge is 0.502 e. The molecule has 0 bridgehead atoms. The number of aromatic nitrogens is 4. The maximum Gasteiger partial charge on any atom is 0.127 e. The molecule has 2 atom stereocenters. The summed E-state index contributed by atoms with van der Waals surface area (Å²) in [6.45, 7) is 11.1. The Morgan fingerprint density at radius 3 is 1.41 bits per heavy atom. The van der Waals surface area contributed by atoms with Gasteiger partial charge in [-0.1, -0.05) is 36.4 Å². The molecule has 0 spiro atoms. The molecule has 270 valence electrons. The van der Waals surface area contributed by atoms with E-state index in [1.54, 1.807) is 26.2 Å². The van der Waals surface area contributed by atoms with E-state index in [0.717, 1.165) is 68.3 Å². The van der Waals surface area contributed by atoms with Gasteiger partial charge in [0, 0.05) is 75.3 Å². The number of aryl methyl sites for hydroxylation is 4. The van der Waals surface area contributed by atoms with Crippen molar-refractivity contribution in [2.24, 2.45) is 0 Å². The van der Waals surface area contributed by atoms with Gasteiger partial charge in [-0.2, -0.15) is 0 Å². The van der Waals surface area contributed by atoms with Crippen LogP contribution in [0.3, 0.4) is 0 Å². The third kappa shape index (κ3) is 14.6. The second-order valence-corrected chi connectivity index (χ2v) is 11.6. The van der Waals surface area contributed by atoms with Gasteiger partial charge in [-0.3, -0.25) is 15.0 Å². The molecule has 4 aromatic carbocycles. The van der Waals surface area contributed by atoms with E-state index in [1.165, 1.54) is 0 Å². The molecule has 6 rings (SSSR count). The number of aliphatic hydroxyl groups is 2. The average Bonchev–Trinajstić information content (AvgIpc) is 3.07. The Labute approximate surface area is 328 Å². The van der Waals surface area contributed by atoms with Crippen LogP contribution in [-0.2, 0) is 40.2 Å². The van der Waals surface area contributed by atoms with Crippen molar-refractivity contribution >= 4 is 0 Å². The summed E-state index contributed by atoms with van der Waals surface area (Å²) >= 11 is 0. The zero-order chi connectivity index (χ0) is 35.2. The van der Waals surface area contributed by atoms with E-state index >= 15 is 0 Å². The van der Waals surface area contributed by atoms with Crippen LogP contribution in [0.2, 0.25) is 0 Å². The van der Waals surface area contributed by atoms with Gasteiger partial charge in [-0.05, 0) is 96.5 Å². The first-order chi connectivity index (χ1) is 23.6. The molecule has 51 heavy (non-hydrogen) atoms. The molecule has 2 N–H and O–H groups in total. The van der Waals surface area contributed by atoms with E-state index in [0.29, 0.717) is 6.42 Å². The Kier molecular flexibility index (Phi) is 18.5. The summed E-state index contributed by atoms with van der Waals surface area (Å²) in [6, 6.07) is 36.2. The molecule has 0 amide bonds. The summed E-state index contributed by atoms with van der Waals surface area (Å²) in [5, 5.41) is 17.1. The molecule has 2 unspecified atom stereocenters. The molecule has 10 heteroatoms. The van der Waals surface area contributed by atoms with Gasteiger partial charge >= 0.3 is 0 Å². The smallest absolute Gasteiger partial charge is 0.127 e. The average molecular weight is 1040 g/mol. The van der Waals surface area contributed by atoms with E-state index in [-0.39, 0.29) is 52.4 Å². The van der Waals surface area contributed by atoms with Crippen LogP contribution in [0.5, 0.6) is 23.0 Å². The molecule has 0 aliphatic heterocycles. The Hall–Kier alpha value is -4.14. The zero-order valence-corrected chi connectivity index (χ0v) is 34.3. The van der Waals surface area contributed by atoms with Crippen LogP contribution < -0.4 is 9.47 Å². The summed E-state index contributed by atoms with van der Waals surface area (Å²) in [4.78, 5) is 17.8. The second-order valence-electron chi connectivity index (χ2n) is 11.6. The van der Waals surface area contributed by atoms with Gasteiger partial charge in [0.1, 0.15) is 17.2 Å². The molecular formula is C41H43Ir2N4O4-. The standard InChI is InChI=1S/C18H16N2O.C18H15N2O.C5H12O2.2Ir/c2*1-13-12-19-18(14(2)20-13)15-8-10-17(11-9-15)21-16-6-4-3-5-7-16;1-4(6)3-5(2)7;;/h3-12H,1-2H3;3-8,10-12H,1-2H3;4-7H,3H2,1-2H3;;/q;-1;;;. The van der Waals surface area contributed by atoms with Gasteiger partial charge in [0.25, 0.3) is 0 Å². The van der Waals surface area contributed by atoms with Crippen LogP contribution in [0.25, 0.3) is 22.5 Å². The summed E-state index contributed by atoms with van der Waals surface area (Å²) in [7, 11) is 0. The number of aliphatic hydroxyl groups excluding tert-OH is 2. The number of hydrogen-bond donors (Lipinski definition) is 2. The van der Waals surface area contributed by atoms with Crippen molar-refractivity contribution in [1.29, 1.82) is 0 Å². The molecule has 0 saturated heterocycles. The zero-order valence-electron chi connectivity index (χ0n) is 29.5. The first kappa shape index (κ1) is 43.0. The fourth-order valence-electron chi connectivity index (χ4n) is 4.79. The normalized spacial score (nSPS) is 11.1.